The van der Waals surface area contributed by atoms with Crippen LogP contribution < -0.4 is 5.32 Å². The van der Waals surface area contributed by atoms with Crippen molar-refractivity contribution in [1.29, 1.82) is 0 Å². The van der Waals surface area contributed by atoms with E-state index in [1.54, 1.807) is 23.1 Å². The molecule has 4 nitrogen and oxygen atoms in total. The van der Waals surface area contributed by atoms with Crippen molar-refractivity contribution in [3.05, 3.63) is 33.8 Å². The summed E-state index contributed by atoms with van der Waals surface area (Å²) in [5.74, 6) is 0. The van der Waals surface area contributed by atoms with Crippen molar-refractivity contribution in [1.82, 2.24) is 10.2 Å². The lowest BCUT2D eigenvalue weighted by Gasteiger charge is -2.19. The quantitative estimate of drug-likeness (QED) is 0.843. The van der Waals surface area contributed by atoms with Crippen LogP contribution in [0.2, 0.25) is 10.0 Å². The van der Waals surface area contributed by atoms with E-state index < -0.39 is 0 Å². The average Bonchev–Trinajstić information content (AvgIpc) is 2.66. The van der Waals surface area contributed by atoms with Crippen LogP contribution in [0.5, 0.6) is 0 Å². The van der Waals surface area contributed by atoms with Gasteiger partial charge >= 0.3 is 6.09 Å². The minimum atomic E-state index is -0.317. The van der Waals surface area contributed by atoms with Gasteiger partial charge in [-0.25, -0.2) is 10.1 Å². The molecule has 1 aromatic rings. The van der Waals surface area contributed by atoms with Crippen molar-refractivity contribution < 1.29 is 9.53 Å². The van der Waals surface area contributed by atoms with Crippen LogP contribution in [0.3, 0.4) is 0 Å². The van der Waals surface area contributed by atoms with Crippen LogP contribution in [-0.4, -0.2) is 37.2 Å². The predicted octanol–water partition coefficient (Wildman–Crippen LogP) is 2.94. The first kappa shape index (κ1) is 14.4. The van der Waals surface area contributed by atoms with Crippen LogP contribution in [0.1, 0.15) is 12.0 Å². The monoisotopic (exact) mass is 301 g/mol. The fraction of sp³-hybridized carbons (Fsp3) is 0.462. The second-order valence-corrected chi connectivity index (χ2v) is 5.15. The molecule has 0 unspecified atom stereocenters. The summed E-state index contributed by atoms with van der Waals surface area (Å²) in [6, 6.07) is 5.12. The minimum absolute atomic E-state index is 0.155. The number of hydrogen-bond acceptors (Lipinski definition) is 2. The van der Waals surface area contributed by atoms with E-state index in [2.05, 4.69) is 5.32 Å². The molecule has 1 saturated heterocycles. The van der Waals surface area contributed by atoms with E-state index >= 15 is 0 Å². The molecule has 103 valence electrons. The molecule has 0 atom stereocenters. The Morgan fingerprint density at radius 3 is 2.95 bits per heavy atom. The molecule has 19 heavy (non-hydrogen) atoms. The fourth-order valence-corrected chi connectivity index (χ4v) is 2.30. The lowest BCUT2D eigenvalue weighted by Crippen LogP contribution is -2.34. The Labute approximate surface area is 122 Å². The van der Waals surface area contributed by atoms with Crippen LogP contribution in [0, 0.1) is 0 Å². The smallest absolute Gasteiger partial charge is 0.410 e. The van der Waals surface area contributed by atoms with Crippen molar-refractivity contribution in [2.45, 2.75) is 13.0 Å². The molecule has 0 aliphatic carbocycles. The van der Waals surface area contributed by atoms with Crippen molar-refractivity contribution in [2.24, 2.45) is 0 Å². The Balaban J connectivity index is 1.88. The first-order chi connectivity index (χ1) is 9.16. The van der Waals surface area contributed by atoms with E-state index in [1.807, 2.05) is 0 Å². The first-order valence-corrected chi connectivity index (χ1v) is 6.91. The van der Waals surface area contributed by atoms with Crippen LogP contribution in [0.15, 0.2) is 18.2 Å². The summed E-state index contributed by atoms with van der Waals surface area (Å²) >= 11 is 11.8. The molecule has 1 fully saturated rings. The van der Waals surface area contributed by atoms with Crippen LogP contribution >= 0.6 is 23.2 Å². The van der Waals surface area contributed by atoms with Gasteiger partial charge in [-0.3, -0.25) is 0 Å². The molecule has 0 bridgehead atoms. The van der Waals surface area contributed by atoms with Crippen molar-refractivity contribution in [3.63, 3.8) is 0 Å². The molecular formula is C13H15Cl2N2O2. The Kier molecular flexibility index (Phi) is 5.31. The summed E-state index contributed by atoms with van der Waals surface area (Å²) in [5.41, 5.74) is 0.749. The Morgan fingerprint density at radius 1 is 1.32 bits per heavy atom. The molecule has 1 aromatic carbocycles. The average molecular weight is 302 g/mol. The van der Waals surface area contributed by atoms with Crippen LogP contribution in [-0.2, 0) is 11.3 Å². The topological polar surface area (TPSA) is 43.6 Å². The first-order valence-electron chi connectivity index (χ1n) is 6.15. The van der Waals surface area contributed by atoms with Crippen LogP contribution in [0.4, 0.5) is 4.79 Å². The number of ether oxygens (including phenoxy) is 1. The van der Waals surface area contributed by atoms with Crippen LogP contribution in [0.25, 0.3) is 0 Å². The third-order valence-corrected chi connectivity index (χ3v) is 3.48. The van der Waals surface area contributed by atoms with Gasteiger partial charge in [0, 0.05) is 41.8 Å². The molecule has 1 aliphatic heterocycles. The Hall–Kier alpha value is -0.970. The van der Waals surface area contributed by atoms with Gasteiger partial charge in [0.2, 0.25) is 0 Å². The normalized spacial score (nSPS) is 16.0. The molecule has 0 saturated carbocycles. The fourth-order valence-electron chi connectivity index (χ4n) is 1.84. The lowest BCUT2D eigenvalue weighted by molar-refractivity contribution is 0.0985. The largest absolute Gasteiger partial charge is 0.444 e. The summed E-state index contributed by atoms with van der Waals surface area (Å²) in [5, 5.41) is 5.33. The summed E-state index contributed by atoms with van der Waals surface area (Å²) in [7, 11) is 0. The summed E-state index contributed by atoms with van der Waals surface area (Å²) in [4.78, 5) is 13.6. The maximum Gasteiger partial charge on any atom is 0.410 e. The zero-order chi connectivity index (χ0) is 13.7. The number of benzene rings is 1. The third-order valence-electron chi connectivity index (χ3n) is 2.90. The number of nitrogens with zero attached hydrogens (tertiary/aromatic N) is 2. The van der Waals surface area contributed by atoms with Gasteiger partial charge in [-0.15, -0.1) is 0 Å². The number of hydrogen-bond donors (Lipinski definition) is 0. The van der Waals surface area contributed by atoms with Gasteiger partial charge < -0.3 is 9.64 Å². The molecule has 6 heteroatoms. The maximum atomic E-state index is 11.9. The number of carbonyl (C=O) groups is 1. The van der Waals surface area contributed by atoms with Gasteiger partial charge in [0.25, 0.3) is 0 Å². The van der Waals surface area contributed by atoms with Gasteiger partial charge in [-0.1, -0.05) is 29.3 Å². The highest BCUT2D eigenvalue weighted by Crippen LogP contribution is 2.21. The number of halogens is 2. The number of rotatable bonds is 2. The molecule has 1 heterocycles. The summed E-state index contributed by atoms with van der Waals surface area (Å²) in [6.07, 6.45) is 0.569. The van der Waals surface area contributed by atoms with E-state index in [0.717, 1.165) is 18.5 Å². The highest BCUT2D eigenvalue weighted by atomic mass is 35.5. The number of carbonyl (C=O) groups excluding carboxylic acids is 1. The van der Waals surface area contributed by atoms with Gasteiger partial charge in [-0.05, 0) is 18.6 Å². The van der Waals surface area contributed by atoms with Gasteiger partial charge in [0.15, 0.2) is 0 Å². The highest BCUT2D eigenvalue weighted by molar-refractivity contribution is 6.35. The van der Waals surface area contributed by atoms with Gasteiger partial charge in [-0.2, -0.15) is 0 Å². The minimum Gasteiger partial charge on any atom is -0.444 e. The van der Waals surface area contributed by atoms with Crippen molar-refractivity contribution >= 4 is 29.3 Å². The molecule has 0 aromatic heterocycles. The van der Waals surface area contributed by atoms with Gasteiger partial charge in [0.05, 0.1) is 0 Å². The summed E-state index contributed by atoms with van der Waals surface area (Å²) in [6.45, 7) is 2.95. The van der Waals surface area contributed by atoms with E-state index in [0.29, 0.717) is 29.7 Å². The van der Waals surface area contributed by atoms with Crippen molar-refractivity contribution in [2.75, 3.05) is 26.2 Å². The lowest BCUT2D eigenvalue weighted by atomic mass is 10.2. The molecular weight excluding hydrogens is 287 g/mol. The summed E-state index contributed by atoms with van der Waals surface area (Å²) < 4.78 is 5.26. The zero-order valence-electron chi connectivity index (χ0n) is 10.4. The van der Waals surface area contributed by atoms with E-state index in [9.17, 15) is 4.79 Å². The molecule has 2 rings (SSSR count). The van der Waals surface area contributed by atoms with E-state index in [4.69, 9.17) is 27.9 Å². The van der Waals surface area contributed by atoms with Crippen molar-refractivity contribution in [3.8, 4) is 0 Å². The third kappa shape index (κ3) is 4.27. The van der Waals surface area contributed by atoms with E-state index in [-0.39, 0.29) is 12.7 Å². The van der Waals surface area contributed by atoms with E-state index in [1.165, 1.54) is 0 Å². The second-order valence-electron chi connectivity index (χ2n) is 4.30. The second kappa shape index (κ2) is 6.98. The molecule has 0 N–H and O–H groups in total. The molecule has 0 spiro atoms. The predicted molar refractivity (Wildman–Crippen MR) is 74.7 cm³/mol. The molecule has 1 amide bonds. The van der Waals surface area contributed by atoms with Gasteiger partial charge in [0.1, 0.15) is 6.61 Å². The highest BCUT2D eigenvalue weighted by Gasteiger charge is 2.17. The maximum absolute atomic E-state index is 11.9. The SMILES string of the molecule is O=C(OCc1ccc(Cl)cc1Cl)N1CCC[N]CC1. The zero-order valence-corrected chi connectivity index (χ0v) is 12.0. The standard InChI is InChI=1S/C13H15Cl2N2O2/c14-11-3-2-10(12(15)8-11)9-19-13(18)17-6-1-4-16-5-7-17/h2-3,8H,1,4-7,9H2. The molecule has 1 radical (unpaired) electrons. The molecule has 1 aliphatic rings. The Morgan fingerprint density at radius 2 is 2.16 bits per heavy atom. The number of amides is 1. The Bertz CT molecular complexity index is 446.